The van der Waals surface area contributed by atoms with Gasteiger partial charge in [-0.1, -0.05) is 6.92 Å². The van der Waals surface area contributed by atoms with Crippen LogP contribution in [0.5, 0.6) is 0 Å². The van der Waals surface area contributed by atoms with E-state index in [0.717, 1.165) is 18.3 Å². The van der Waals surface area contributed by atoms with Crippen LogP contribution < -0.4 is 5.32 Å². The first-order valence-electron chi connectivity index (χ1n) is 5.68. The highest BCUT2D eigenvalue weighted by atomic mass is 32.2. The molecule has 0 aliphatic carbocycles. The molecule has 1 fully saturated rings. The molecule has 0 radical (unpaired) electrons. The number of thioether (sulfide) groups is 1. The standard InChI is InChI=1S/C11H19N3S/c1-10-11(4-2-9-15-10)12-6-8-14-7-3-5-13-14/h3,5,7,10-12H,2,4,6,8-9H2,1H3. The predicted molar refractivity (Wildman–Crippen MR) is 65.2 cm³/mol. The van der Waals surface area contributed by atoms with Gasteiger partial charge in [-0.2, -0.15) is 16.9 Å². The minimum atomic E-state index is 0.694. The average Bonchev–Trinajstić information content (AvgIpc) is 2.74. The Morgan fingerprint density at radius 1 is 1.60 bits per heavy atom. The Kier molecular flexibility index (Phi) is 4.09. The number of hydrogen-bond donors (Lipinski definition) is 1. The Morgan fingerprint density at radius 3 is 3.27 bits per heavy atom. The maximum Gasteiger partial charge on any atom is 0.0534 e. The third-order valence-corrected chi connectivity index (χ3v) is 4.29. The van der Waals surface area contributed by atoms with Crippen molar-refractivity contribution in [3.63, 3.8) is 0 Å². The molecule has 2 atom stereocenters. The van der Waals surface area contributed by atoms with Crippen molar-refractivity contribution in [1.29, 1.82) is 0 Å². The van der Waals surface area contributed by atoms with E-state index in [2.05, 4.69) is 29.1 Å². The van der Waals surface area contributed by atoms with Crippen molar-refractivity contribution in [3.8, 4) is 0 Å². The van der Waals surface area contributed by atoms with Crippen LogP contribution in [-0.2, 0) is 6.54 Å². The summed E-state index contributed by atoms with van der Waals surface area (Å²) in [6, 6.07) is 2.67. The van der Waals surface area contributed by atoms with Crippen molar-refractivity contribution in [2.75, 3.05) is 12.3 Å². The molecule has 1 aliphatic heterocycles. The lowest BCUT2D eigenvalue weighted by Crippen LogP contribution is -2.40. The molecule has 0 saturated carbocycles. The van der Waals surface area contributed by atoms with E-state index in [9.17, 15) is 0 Å². The lowest BCUT2D eigenvalue weighted by molar-refractivity contribution is 0.439. The van der Waals surface area contributed by atoms with Gasteiger partial charge in [0.15, 0.2) is 0 Å². The fraction of sp³-hybridized carbons (Fsp3) is 0.727. The second-order valence-corrected chi connectivity index (χ2v) is 5.53. The molecule has 0 amide bonds. The van der Waals surface area contributed by atoms with E-state index in [1.165, 1.54) is 18.6 Å². The lowest BCUT2D eigenvalue weighted by Gasteiger charge is -2.29. The van der Waals surface area contributed by atoms with Gasteiger partial charge in [0.25, 0.3) is 0 Å². The summed E-state index contributed by atoms with van der Waals surface area (Å²) >= 11 is 2.09. The lowest BCUT2D eigenvalue weighted by atomic mass is 10.1. The van der Waals surface area contributed by atoms with Gasteiger partial charge in [0.1, 0.15) is 0 Å². The molecule has 1 aromatic heterocycles. The summed E-state index contributed by atoms with van der Waals surface area (Å²) < 4.78 is 1.98. The second-order valence-electron chi connectivity index (χ2n) is 4.05. The van der Waals surface area contributed by atoms with E-state index in [0.29, 0.717) is 6.04 Å². The van der Waals surface area contributed by atoms with Gasteiger partial charge in [-0.25, -0.2) is 0 Å². The van der Waals surface area contributed by atoms with Crippen molar-refractivity contribution in [2.45, 2.75) is 37.6 Å². The summed E-state index contributed by atoms with van der Waals surface area (Å²) in [5.41, 5.74) is 0. The molecule has 2 rings (SSSR count). The van der Waals surface area contributed by atoms with E-state index in [-0.39, 0.29) is 0 Å². The molecule has 1 aliphatic rings. The summed E-state index contributed by atoms with van der Waals surface area (Å²) in [5, 5.41) is 8.58. The minimum absolute atomic E-state index is 0.694. The van der Waals surface area contributed by atoms with Crippen LogP contribution in [0.4, 0.5) is 0 Å². The molecule has 1 saturated heterocycles. The number of rotatable bonds is 4. The Hall–Kier alpha value is -0.480. The molecule has 2 unspecified atom stereocenters. The zero-order chi connectivity index (χ0) is 10.5. The van der Waals surface area contributed by atoms with Crippen LogP contribution in [-0.4, -0.2) is 33.4 Å². The second kappa shape index (κ2) is 5.56. The van der Waals surface area contributed by atoms with Crippen molar-refractivity contribution in [1.82, 2.24) is 15.1 Å². The summed E-state index contributed by atoms with van der Waals surface area (Å²) in [4.78, 5) is 0. The molecule has 15 heavy (non-hydrogen) atoms. The predicted octanol–water partition coefficient (Wildman–Crippen LogP) is 1.76. The van der Waals surface area contributed by atoms with Crippen LogP contribution in [0.15, 0.2) is 18.5 Å². The molecule has 0 spiro atoms. The molecule has 0 bridgehead atoms. The minimum Gasteiger partial charge on any atom is -0.311 e. The quantitative estimate of drug-likeness (QED) is 0.847. The molecule has 1 N–H and O–H groups in total. The highest BCUT2D eigenvalue weighted by Gasteiger charge is 2.20. The van der Waals surface area contributed by atoms with Crippen LogP contribution in [0.3, 0.4) is 0 Å². The fourth-order valence-electron chi connectivity index (χ4n) is 1.99. The molecule has 0 aromatic carbocycles. The summed E-state index contributed by atoms with van der Waals surface area (Å²) in [6.45, 7) is 4.33. The van der Waals surface area contributed by atoms with Gasteiger partial charge in [-0.3, -0.25) is 4.68 Å². The van der Waals surface area contributed by atoms with Crippen molar-refractivity contribution >= 4 is 11.8 Å². The molecular weight excluding hydrogens is 206 g/mol. The van der Waals surface area contributed by atoms with Gasteiger partial charge in [0.2, 0.25) is 0 Å². The smallest absolute Gasteiger partial charge is 0.0534 e. The SMILES string of the molecule is CC1SCCCC1NCCn1cccn1. The highest BCUT2D eigenvalue weighted by molar-refractivity contribution is 7.99. The molecule has 4 heteroatoms. The van der Waals surface area contributed by atoms with Gasteiger partial charge in [0, 0.05) is 30.2 Å². The van der Waals surface area contributed by atoms with Crippen molar-refractivity contribution in [2.24, 2.45) is 0 Å². The molecule has 1 aromatic rings. The fourth-order valence-corrected chi connectivity index (χ4v) is 3.16. The Morgan fingerprint density at radius 2 is 2.53 bits per heavy atom. The number of aromatic nitrogens is 2. The molecular formula is C11H19N3S. The first-order valence-corrected chi connectivity index (χ1v) is 6.73. The van der Waals surface area contributed by atoms with E-state index >= 15 is 0 Å². The topological polar surface area (TPSA) is 29.9 Å². The van der Waals surface area contributed by atoms with Gasteiger partial charge in [0.05, 0.1) is 6.54 Å². The summed E-state index contributed by atoms with van der Waals surface area (Å²) in [5.74, 6) is 1.33. The van der Waals surface area contributed by atoms with Crippen LogP contribution in [0.2, 0.25) is 0 Å². The van der Waals surface area contributed by atoms with Gasteiger partial charge in [-0.15, -0.1) is 0 Å². The molecule has 2 heterocycles. The van der Waals surface area contributed by atoms with Crippen molar-refractivity contribution < 1.29 is 0 Å². The molecule has 3 nitrogen and oxygen atoms in total. The Labute approximate surface area is 95.6 Å². The largest absolute Gasteiger partial charge is 0.311 e. The monoisotopic (exact) mass is 225 g/mol. The average molecular weight is 225 g/mol. The summed E-state index contributed by atoms with van der Waals surface area (Å²) in [6.07, 6.45) is 6.53. The van der Waals surface area contributed by atoms with Crippen LogP contribution in [0, 0.1) is 0 Å². The van der Waals surface area contributed by atoms with Crippen molar-refractivity contribution in [3.05, 3.63) is 18.5 Å². The maximum atomic E-state index is 4.19. The normalized spacial score (nSPS) is 26.7. The first kappa shape index (κ1) is 11.0. The van der Waals surface area contributed by atoms with Crippen LogP contribution in [0.25, 0.3) is 0 Å². The van der Waals surface area contributed by atoms with Crippen LogP contribution >= 0.6 is 11.8 Å². The van der Waals surface area contributed by atoms with E-state index in [1.54, 1.807) is 0 Å². The Bertz CT molecular complexity index is 273. The number of nitrogens with one attached hydrogen (secondary N) is 1. The third kappa shape index (κ3) is 3.24. The highest BCUT2D eigenvalue weighted by Crippen LogP contribution is 2.24. The van der Waals surface area contributed by atoms with Gasteiger partial charge in [-0.05, 0) is 24.7 Å². The molecule has 84 valence electrons. The van der Waals surface area contributed by atoms with Crippen LogP contribution in [0.1, 0.15) is 19.8 Å². The van der Waals surface area contributed by atoms with E-state index < -0.39 is 0 Å². The van der Waals surface area contributed by atoms with Gasteiger partial charge >= 0.3 is 0 Å². The number of nitrogens with zero attached hydrogens (tertiary/aromatic N) is 2. The first-order chi connectivity index (χ1) is 7.36. The number of hydrogen-bond acceptors (Lipinski definition) is 3. The zero-order valence-corrected chi connectivity index (χ0v) is 10.0. The van der Waals surface area contributed by atoms with Gasteiger partial charge < -0.3 is 5.32 Å². The third-order valence-electron chi connectivity index (χ3n) is 2.91. The summed E-state index contributed by atoms with van der Waals surface area (Å²) in [7, 11) is 0. The Balaban J connectivity index is 1.68. The van der Waals surface area contributed by atoms with E-state index in [1.807, 2.05) is 23.1 Å². The zero-order valence-electron chi connectivity index (χ0n) is 9.22. The van der Waals surface area contributed by atoms with E-state index in [4.69, 9.17) is 0 Å². The maximum absolute atomic E-state index is 4.19.